The quantitative estimate of drug-likeness (QED) is 0.263. The number of benzene rings is 2. The fourth-order valence-electron chi connectivity index (χ4n) is 2.85. The Morgan fingerprint density at radius 2 is 1.48 bits per heavy atom. The Morgan fingerprint density at radius 1 is 0.968 bits per heavy atom. The summed E-state index contributed by atoms with van der Waals surface area (Å²) >= 11 is 5.86. The standard InChI is InChI=1S/C23H26ClNO6/c1-22(2,15-30-25(28)29)14-13-20(26)23(3,4)31-19-11-7-17(8-12-19)21(27)16-5-9-18(24)10-6-16/h5-12H,13-15H2,1-4H3. The summed E-state index contributed by atoms with van der Waals surface area (Å²) in [7, 11) is 0. The van der Waals surface area contributed by atoms with Gasteiger partial charge in [0, 0.05) is 22.6 Å². The molecule has 8 heteroatoms. The Bertz CT molecular complexity index is 936. The van der Waals surface area contributed by atoms with E-state index in [1.165, 1.54) is 0 Å². The average molecular weight is 448 g/mol. The molecule has 0 aliphatic carbocycles. The van der Waals surface area contributed by atoms with Gasteiger partial charge in [0.25, 0.3) is 5.09 Å². The normalized spacial score (nSPS) is 11.6. The molecular formula is C23H26ClNO6. The lowest BCUT2D eigenvalue weighted by molar-refractivity contribution is -0.760. The van der Waals surface area contributed by atoms with Crippen LogP contribution in [0.1, 0.15) is 56.5 Å². The molecule has 0 atom stereocenters. The second-order valence-electron chi connectivity index (χ2n) is 8.56. The van der Waals surface area contributed by atoms with Crippen LogP contribution in [-0.4, -0.2) is 28.9 Å². The molecule has 0 amide bonds. The number of hydrogen-bond donors (Lipinski definition) is 0. The summed E-state index contributed by atoms with van der Waals surface area (Å²) in [5.74, 6) is 0.183. The van der Waals surface area contributed by atoms with Crippen molar-refractivity contribution in [2.24, 2.45) is 5.41 Å². The number of ketones is 2. The van der Waals surface area contributed by atoms with Crippen LogP contribution in [0.3, 0.4) is 0 Å². The first-order chi connectivity index (χ1) is 14.4. The minimum Gasteiger partial charge on any atom is -0.480 e. The van der Waals surface area contributed by atoms with E-state index in [1.54, 1.807) is 76.2 Å². The summed E-state index contributed by atoms with van der Waals surface area (Å²) in [4.78, 5) is 40.0. The van der Waals surface area contributed by atoms with E-state index in [0.29, 0.717) is 28.3 Å². The molecule has 0 unspecified atom stereocenters. The van der Waals surface area contributed by atoms with Gasteiger partial charge in [-0.2, -0.15) is 0 Å². The van der Waals surface area contributed by atoms with Crippen LogP contribution in [0, 0.1) is 15.5 Å². The van der Waals surface area contributed by atoms with Crippen LogP contribution < -0.4 is 4.74 Å². The number of carbonyl (C=O) groups is 2. The molecule has 7 nitrogen and oxygen atoms in total. The van der Waals surface area contributed by atoms with Crippen LogP contribution in [0.15, 0.2) is 48.5 Å². The summed E-state index contributed by atoms with van der Waals surface area (Å²) in [6.07, 6.45) is 0.606. The highest BCUT2D eigenvalue weighted by atomic mass is 35.5. The smallest absolute Gasteiger partial charge is 0.294 e. The molecule has 2 aromatic carbocycles. The topological polar surface area (TPSA) is 95.7 Å². The first-order valence-electron chi connectivity index (χ1n) is 9.80. The minimum atomic E-state index is -1.10. The van der Waals surface area contributed by atoms with E-state index in [-0.39, 0.29) is 24.6 Å². The molecule has 0 radical (unpaired) electrons. The van der Waals surface area contributed by atoms with E-state index >= 15 is 0 Å². The Morgan fingerprint density at radius 3 is 2.00 bits per heavy atom. The lowest BCUT2D eigenvalue weighted by Gasteiger charge is -2.28. The molecular weight excluding hydrogens is 422 g/mol. The van der Waals surface area contributed by atoms with Gasteiger partial charge in [-0.05, 0) is 74.2 Å². The first kappa shape index (κ1) is 24.3. The zero-order chi connectivity index (χ0) is 23.2. The number of carbonyl (C=O) groups excluding carboxylic acids is 2. The predicted octanol–water partition coefficient (Wildman–Crippen LogP) is 5.31. The molecule has 0 fully saturated rings. The maximum absolute atomic E-state index is 12.7. The summed E-state index contributed by atoms with van der Waals surface area (Å²) < 4.78 is 5.87. The Kier molecular flexibility index (Phi) is 7.79. The highest BCUT2D eigenvalue weighted by molar-refractivity contribution is 6.30. The van der Waals surface area contributed by atoms with Crippen LogP contribution >= 0.6 is 11.6 Å². The molecule has 166 valence electrons. The molecule has 0 N–H and O–H groups in total. The summed E-state index contributed by atoms with van der Waals surface area (Å²) in [5.41, 5.74) is -0.604. The minimum absolute atomic E-state index is 0.0856. The third-order valence-corrected chi connectivity index (χ3v) is 5.11. The van der Waals surface area contributed by atoms with Crippen LogP contribution in [0.25, 0.3) is 0 Å². The fourth-order valence-corrected chi connectivity index (χ4v) is 2.97. The molecule has 0 bridgehead atoms. The van der Waals surface area contributed by atoms with Crippen molar-refractivity contribution in [1.29, 1.82) is 0 Å². The van der Waals surface area contributed by atoms with Gasteiger partial charge in [-0.3, -0.25) is 9.59 Å². The molecule has 31 heavy (non-hydrogen) atoms. The molecule has 0 saturated heterocycles. The zero-order valence-electron chi connectivity index (χ0n) is 18.0. The van der Waals surface area contributed by atoms with Gasteiger partial charge >= 0.3 is 0 Å². The molecule has 0 saturated carbocycles. The second kappa shape index (κ2) is 9.92. The Balaban J connectivity index is 1.97. The van der Waals surface area contributed by atoms with Crippen molar-refractivity contribution >= 4 is 23.2 Å². The van der Waals surface area contributed by atoms with Gasteiger partial charge in [0.15, 0.2) is 17.2 Å². The molecule has 0 aliphatic heterocycles. The number of Topliss-reactive ketones (excluding diaryl/α,β-unsaturated/α-hetero) is 1. The molecule has 2 aromatic rings. The number of ether oxygens (including phenoxy) is 1. The lowest BCUT2D eigenvalue weighted by Crippen LogP contribution is -2.39. The highest BCUT2D eigenvalue weighted by Crippen LogP contribution is 2.27. The maximum Gasteiger partial charge on any atom is 0.294 e. The van der Waals surface area contributed by atoms with E-state index in [4.69, 9.17) is 16.3 Å². The van der Waals surface area contributed by atoms with E-state index < -0.39 is 16.1 Å². The van der Waals surface area contributed by atoms with Crippen molar-refractivity contribution in [3.05, 3.63) is 74.8 Å². The monoisotopic (exact) mass is 447 g/mol. The number of halogens is 1. The van der Waals surface area contributed by atoms with Crippen molar-refractivity contribution < 1.29 is 24.3 Å². The summed E-state index contributed by atoms with van der Waals surface area (Å²) in [6.45, 7) is 6.85. The van der Waals surface area contributed by atoms with E-state index in [0.717, 1.165) is 0 Å². The van der Waals surface area contributed by atoms with Gasteiger partial charge in [-0.15, -0.1) is 10.1 Å². The number of rotatable bonds is 11. The van der Waals surface area contributed by atoms with E-state index in [1.807, 2.05) is 0 Å². The molecule has 2 rings (SSSR count). The third kappa shape index (κ3) is 7.36. The van der Waals surface area contributed by atoms with Gasteiger partial charge in [0.1, 0.15) is 12.4 Å². The van der Waals surface area contributed by atoms with Gasteiger partial charge in [-0.25, -0.2) is 0 Å². The van der Waals surface area contributed by atoms with Crippen LogP contribution in [0.4, 0.5) is 0 Å². The van der Waals surface area contributed by atoms with E-state index in [9.17, 15) is 19.7 Å². The molecule has 0 spiro atoms. The van der Waals surface area contributed by atoms with Crippen molar-refractivity contribution in [3.63, 3.8) is 0 Å². The zero-order valence-corrected chi connectivity index (χ0v) is 18.8. The van der Waals surface area contributed by atoms with Gasteiger partial charge in [0.05, 0.1) is 0 Å². The van der Waals surface area contributed by atoms with Crippen LogP contribution in [0.5, 0.6) is 5.75 Å². The number of hydrogen-bond acceptors (Lipinski definition) is 6. The summed E-state index contributed by atoms with van der Waals surface area (Å²) in [5, 5.41) is 10.1. The largest absolute Gasteiger partial charge is 0.480 e. The van der Waals surface area contributed by atoms with Crippen molar-refractivity contribution in [1.82, 2.24) is 0 Å². The first-order valence-corrected chi connectivity index (χ1v) is 10.2. The van der Waals surface area contributed by atoms with Gasteiger partial charge in [-0.1, -0.05) is 25.4 Å². The van der Waals surface area contributed by atoms with Gasteiger partial charge in [0.2, 0.25) is 0 Å². The third-order valence-electron chi connectivity index (χ3n) is 4.86. The maximum atomic E-state index is 12.7. The molecule has 0 aliphatic rings. The van der Waals surface area contributed by atoms with Crippen LogP contribution in [-0.2, 0) is 9.63 Å². The SMILES string of the molecule is CC(C)(CCC(=O)C(C)(C)Oc1ccc(C(=O)c2ccc(Cl)cc2)cc1)CO[N+](=O)[O-]. The van der Waals surface area contributed by atoms with Crippen molar-refractivity contribution in [3.8, 4) is 5.75 Å². The van der Waals surface area contributed by atoms with Crippen LogP contribution in [0.2, 0.25) is 5.02 Å². The van der Waals surface area contributed by atoms with E-state index in [2.05, 4.69) is 4.84 Å². The lowest BCUT2D eigenvalue weighted by atomic mass is 9.85. The Hall–Kier alpha value is -2.93. The summed E-state index contributed by atoms with van der Waals surface area (Å²) in [6, 6.07) is 13.2. The van der Waals surface area contributed by atoms with Crippen molar-refractivity contribution in [2.45, 2.75) is 46.1 Å². The second-order valence-corrected chi connectivity index (χ2v) is 8.99. The average Bonchev–Trinajstić information content (AvgIpc) is 2.71. The highest BCUT2D eigenvalue weighted by Gasteiger charge is 2.31. The van der Waals surface area contributed by atoms with Gasteiger partial charge < -0.3 is 9.57 Å². The van der Waals surface area contributed by atoms with Crippen molar-refractivity contribution in [2.75, 3.05) is 6.61 Å². The molecule has 0 aromatic heterocycles. The molecule has 0 heterocycles. The fraction of sp³-hybridized carbons (Fsp3) is 0.391. The number of nitrogens with zero attached hydrogens (tertiary/aromatic N) is 1. The Labute approximate surface area is 186 Å². The predicted molar refractivity (Wildman–Crippen MR) is 117 cm³/mol.